The van der Waals surface area contributed by atoms with Crippen LogP contribution in [0.5, 0.6) is 5.75 Å². The van der Waals surface area contributed by atoms with Gasteiger partial charge in [0.25, 0.3) is 0 Å². The summed E-state index contributed by atoms with van der Waals surface area (Å²) in [6.07, 6.45) is -0.0594. The van der Waals surface area contributed by atoms with Crippen LogP contribution in [0.3, 0.4) is 0 Å². The number of rotatable bonds is 8. The predicted octanol–water partition coefficient (Wildman–Crippen LogP) is 6.20. The number of nitrogens with one attached hydrogen (secondary N) is 2. The van der Waals surface area contributed by atoms with Gasteiger partial charge in [0.1, 0.15) is 11.4 Å². The second-order valence-corrected chi connectivity index (χ2v) is 9.61. The van der Waals surface area contributed by atoms with Crippen LogP contribution in [-0.2, 0) is 12.7 Å². The topological polar surface area (TPSA) is 67.4 Å². The van der Waals surface area contributed by atoms with Crippen LogP contribution >= 0.6 is 12.2 Å². The van der Waals surface area contributed by atoms with Gasteiger partial charge >= 0.3 is 12.0 Å². The van der Waals surface area contributed by atoms with Gasteiger partial charge in [-0.15, -0.1) is 0 Å². The lowest BCUT2D eigenvalue weighted by molar-refractivity contribution is -0.686. The van der Waals surface area contributed by atoms with Gasteiger partial charge < -0.3 is 10.1 Å². The van der Waals surface area contributed by atoms with Crippen molar-refractivity contribution in [1.82, 2.24) is 15.2 Å². The van der Waals surface area contributed by atoms with Crippen molar-refractivity contribution in [1.29, 1.82) is 0 Å². The zero-order chi connectivity index (χ0) is 28.9. The number of hydrazone groups is 1. The molecular formula is C29H30F3N6OS+. The highest BCUT2D eigenvalue weighted by atomic mass is 32.1. The van der Waals surface area contributed by atoms with Crippen molar-refractivity contribution in [2.24, 2.45) is 5.10 Å². The Bertz CT molecular complexity index is 1490. The van der Waals surface area contributed by atoms with Gasteiger partial charge in [-0.3, -0.25) is 5.43 Å². The summed E-state index contributed by atoms with van der Waals surface area (Å²) in [5.41, 5.74) is 7.30. The van der Waals surface area contributed by atoms with E-state index in [1.165, 1.54) is 12.1 Å². The lowest BCUT2D eigenvalue weighted by atomic mass is 10.1. The maximum atomic E-state index is 12.9. The molecule has 4 rings (SSSR count). The van der Waals surface area contributed by atoms with Gasteiger partial charge in [0.2, 0.25) is 6.33 Å². The fraction of sp³-hybridized carbons (Fsp3) is 0.241. The molecule has 0 radical (unpaired) electrons. The molecule has 1 aromatic heterocycles. The molecular weight excluding hydrogens is 537 g/mol. The van der Waals surface area contributed by atoms with Gasteiger partial charge in [0, 0.05) is 5.69 Å². The highest BCUT2D eigenvalue weighted by molar-refractivity contribution is 7.80. The fourth-order valence-corrected chi connectivity index (χ4v) is 4.35. The molecule has 0 amide bonds. The molecule has 0 aliphatic rings. The first-order chi connectivity index (χ1) is 19.1. The van der Waals surface area contributed by atoms with Crippen LogP contribution in [-0.4, -0.2) is 28.2 Å². The third-order valence-electron chi connectivity index (χ3n) is 6.18. The minimum Gasteiger partial charge on any atom is -0.497 e. The minimum atomic E-state index is -4.38. The van der Waals surface area contributed by atoms with Crippen LogP contribution in [0.1, 0.15) is 35.6 Å². The molecule has 0 spiro atoms. The van der Waals surface area contributed by atoms with Gasteiger partial charge in [-0.05, 0) is 97.7 Å². The SMILES string of the molecule is CCC[n+]1cn(-c2ccc(C(F)(F)F)cc2)nc1-c1ccc(C=NNC(=S)Nc2c(C)cc(OC)cc2C)cc1. The summed E-state index contributed by atoms with van der Waals surface area (Å²) in [7, 11) is 1.63. The van der Waals surface area contributed by atoms with Crippen LogP contribution < -0.4 is 20.0 Å². The smallest absolute Gasteiger partial charge is 0.416 e. The van der Waals surface area contributed by atoms with Gasteiger partial charge in [-0.25, -0.2) is 4.57 Å². The first kappa shape index (κ1) is 28.8. The summed E-state index contributed by atoms with van der Waals surface area (Å²) in [6.45, 7) is 6.71. The van der Waals surface area contributed by atoms with E-state index < -0.39 is 11.7 Å². The Kier molecular flexibility index (Phi) is 8.83. The highest BCUT2D eigenvalue weighted by Crippen LogP contribution is 2.30. The molecule has 0 saturated carbocycles. The lowest BCUT2D eigenvalue weighted by Gasteiger charge is -2.14. The van der Waals surface area contributed by atoms with E-state index >= 15 is 0 Å². The maximum Gasteiger partial charge on any atom is 0.416 e. The number of aromatic nitrogens is 3. The molecule has 0 unspecified atom stereocenters. The zero-order valence-electron chi connectivity index (χ0n) is 22.6. The Morgan fingerprint density at radius 3 is 2.30 bits per heavy atom. The molecule has 4 aromatic rings. The van der Waals surface area contributed by atoms with Crippen LogP contribution in [0.15, 0.2) is 72.1 Å². The predicted molar refractivity (Wildman–Crippen MR) is 154 cm³/mol. The summed E-state index contributed by atoms with van der Waals surface area (Å²) in [5.74, 6) is 1.49. The lowest BCUT2D eigenvalue weighted by Crippen LogP contribution is -2.33. The number of methoxy groups -OCH3 is 1. The summed E-state index contributed by atoms with van der Waals surface area (Å²) in [5, 5.41) is 12.4. The highest BCUT2D eigenvalue weighted by Gasteiger charge is 2.30. The number of thiocarbonyl (C=S) groups is 1. The van der Waals surface area contributed by atoms with Crippen molar-refractivity contribution in [3.05, 3.63) is 89.2 Å². The Morgan fingerprint density at radius 2 is 1.73 bits per heavy atom. The second-order valence-electron chi connectivity index (χ2n) is 9.20. The Hall–Kier alpha value is -4.25. The van der Waals surface area contributed by atoms with Crippen molar-refractivity contribution in [3.63, 3.8) is 0 Å². The number of ether oxygens (including phenoxy) is 1. The van der Waals surface area contributed by atoms with E-state index in [1.54, 1.807) is 24.3 Å². The molecule has 0 aliphatic heterocycles. The second kappa shape index (κ2) is 12.3. The van der Waals surface area contributed by atoms with Gasteiger partial charge in [0.15, 0.2) is 5.11 Å². The minimum absolute atomic E-state index is 0.360. The Labute approximate surface area is 236 Å². The van der Waals surface area contributed by atoms with Crippen molar-refractivity contribution >= 4 is 29.2 Å². The summed E-state index contributed by atoms with van der Waals surface area (Å²) >= 11 is 5.39. The standard InChI is InChI=1S/C29H29F3N6OS/c1-5-14-37-18-38(24-12-10-23(11-13-24)29(30,31)32)36-27(37)22-8-6-21(7-9-22)17-33-35-28(40)34-26-19(2)15-25(39-4)16-20(26)3/h6-13,15-18H,5,14H2,1-4H3,(H-,34,35,36,40)/p+1. The number of halogens is 3. The molecule has 208 valence electrons. The summed E-state index contributed by atoms with van der Waals surface area (Å²) in [6, 6.07) is 16.5. The van der Waals surface area contributed by atoms with Crippen LogP contribution in [0.25, 0.3) is 17.1 Å². The number of anilines is 1. The van der Waals surface area contributed by atoms with E-state index in [9.17, 15) is 13.2 Å². The number of alkyl halides is 3. The van der Waals surface area contributed by atoms with Crippen LogP contribution in [0.2, 0.25) is 0 Å². The molecule has 0 bridgehead atoms. The van der Waals surface area contributed by atoms with Gasteiger partial charge in [0.05, 0.1) is 36.1 Å². The first-order valence-corrected chi connectivity index (χ1v) is 13.0. The monoisotopic (exact) mass is 567 g/mol. The van der Waals surface area contributed by atoms with Gasteiger partial charge in [-0.1, -0.05) is 23.7 Å². The molecule has 2 N–H and O–H groups in total. The summed E-state index contributed by atoms with van der Waals surface area (Å²) < 4.78 is 47.7. The number of aryl methyl sites for hydroxylation is 3. The third kappa shape index (κ3) is 6.84. The number of hydrogen-bond donors (Lipinski definition) is 2. The van der Waals surface area contributed by atoms with E-state index in [0.29, 0.717) is 23.2 Å². The maximum absolute atomic E-state index is 12.9. The van der Waals surface area contributed by atoms with Crippen LogP contribution in [0.4, 0.5) is 18.9 Å². The molecule has 11 heteroatoms. The zero-order valence-corrected chi connectivity index (χ0v) is 23.4. The largest absolute Gasteiger partial charge is 0.497 e. The number of benzene rings is 3. The van der Waals surface area contributed by atoms with E-state index in [2.05, 4.69) is 27.9 Å². The van der Waals surface area contributed by atoms with Crippen LogP contribution in [0, 0.1) is 13.8 Å². The third-order valence-corrected chi connectivity index (χ3v) is 6.37. The molecule has 3 aromatic carbocycles. The van der Waals surface area contributed by atoms with Crippen molar-refractivity contribution in [2.45, 2.75) is 39.9 Å². The Balaban J connectivity index is 1.45. The molecule has 40 heavy (non-hydrogen) atoms. The quantitative estimate of drug-likeness (QED) is 0.115. The number of hydrogen-bond acceptors (Lipinski definition) is 4. The van der Waals surface area contributed by atoms with E-state index in [0.717, 1.165) is 52.2 Å². The van der Waals surface area contributed by atoms with E-state index in [-0.39, 0.29) is 0 Å². The van der Waals surface area contributed by atoms with E-state index in [1.807, 2.05) is 54.8 Å². The first-order valence-electron chi connectivity index (χ1n) is 12.6. The molecule has 0 fully saturated rings. The molecule has 7 nitrogen and oxygen atoms in total. The average Bonchev–Trinajstić information content (AvgIpc) is 3.34. The molecule has 0 aliphatic carbocycles. The summed E-state index contributed by atoms with van der Waals surface area (Å²) in [4.78, 5) is 0. The van der Waals surface area contributed by atoms with Gasteiger partial charge in [-0.2, -0.15) is 18.3 Å². The molecule has 0 atom stereocenters. The molecule has 1 heterocycles. The van der Waals surface area contributed by atoms with Crippen molar-refractivity contribution < 1.29 is 22.5 Å². The normalized spacial score (nSPS) is 11.6. The van der Waals surface area contributed by atoms with Crippen molar-refractivity contribution in [2.75, 3.05) is 12.4 Å². The number of nitrogens with zero attached hydrogens (tertiary/aromatic N) is 4. The van der Waals surface area contributed by atoms with E-state index in [4.69, 9.17) is 17.0 Å². The molecule has 0 saturated heterocycles. The Morgan fingerprint density at radius 1 is 1.07 bits per heavy atom. The average molecular weight is 568 g/mol. The van der Waals surface area contributed by atoms with Crippen molar-refractivity contribution in [3.8, 4) is 22.8 Å². The fourth-order valence-electron chi connectivity index (χ4n) is 4.19.